The minimum absolute atomic E-state index is 0.287. The van der Waals surface area contributed by atoms with E-state index < -0.39 is 11.7 Å². The number of anilines is 1. The summed E-state index contributed by atoms with van der Waals surface area (Å²) >= 11 is 5.77. The van der Waals surface area contributed by atoms with Gasteiger partial charge in [-0.15, -0.1) is 0 Å². The third-order valence-corrected chi connectivity index (χ3v) is 4.95. The molecule has 31 heavy (non-hydrogen) atoms. The molecule has 3 rings (SSSR count). The van der Waals surface area contributed by atoms with Crippen LogP contribution in [0.4, 0.5) is 10.5 Å². The SMILES string of the molecule is Cc1c(N(C/C=C/Cl)C(=O)OC(C)(C)C)cc(OCc2ccccc2)c2ccccc12. The Morgan fingerprint density at radius 1 is 1.03 bits per heavy atom. The summed E-state index contributed by atoms with van der Waals surface area (Å²) in [6.45, 7) is 8.27. The number of hydrogen-bond acceptors (Lipinski definition) is 3. The fourth-order valence-corrected chi connectivity index (χ4v) is 3.42. The van der Waals surface area contributed by atoms with Gasteiger partial charge >= 0.3 is 6.09 Å². The van der Waals surface area contributed by atoms with Crippen molar-refractivity contribution in [2.24, 2.45) is 0 Å². The maximum absolute atomic E-state index is 13.0. The van der Waals surface area contributed by atoms with Crippen molar-refractivity contribution < 1.29 is 14.3 Å². The van der Waals surface area contributed by atoms with Crippen LogP contribution in [0.2, 0.25) is 0 Å². The number of fused-ring (bicyclic) bond motifs is 1. The molecule has 0 saturated carbocycles. The molecule has 1 amide bonds. The summed E-state index contributed by atoms with van der Waals surface area (Å²) in [5, 5.41) is 2.02. The highest BCUT2D eigenvalue weighted by Gasteiger charge is 2.25. The van der Waals surface area contributed by atoms with Gasteiger partial charge in [0, 0.05) is 23.5 Å². The van der Waals surface area contributed by atoms with Crippen molar-refractivity contribution in [2.75, 3.05) is 11.4 Å². The lowest BCUT2D eigenvalue weighted by Crippen LogP contribution is -2.37. The van der Waals surface area contributed by atoms with Crippen LogP contribution >= 0.6 is 11.6 Å². The van der Waals surface area contributed by atoms with E-state index in [9.17, 15) is 4.79 Å². The van der Waals surface area contributed by atoms with Gasteiger partial charge in [0.25, 0.3) is 0 Å². The maximum Gasteiger partial charge on any atom is 0.415 e. The molecule has 0 bridgehead atoms. The molecular formula is C26H28ClNO3. The lowest BCUT2D eigenvalue weighted by molar-refractivity contribution is 0.0584. The van der Waals surface area contributed by atoms with Gasteiger partial charge in [-0.05, 0) is 44.2 Å². The van der Waals surface area contributed by atoms with Crippen LogP contribution in [0, 0.1) is 6.92 Å². The van der Waals surface area contributed by atoms with Crippen molar-refractivity contribution in [3.05, 3.63) is 83.4 Å². The summed E-state index contributed by atoms with van der Waals surface area (Å²) < 4.78 is 11.9. The highest BCUT2D eigenvalue weighted by Crippen LogP contribution is 2.37. The summed E-state index contributed by atoms with van der Waals surface area (Å²) in [4.78, 5) is 14.6. The summed E-state index contributed by atoms with van der Waals surface area (Å²) in [6, 6.07) is 19.9. The van der Waals surface area contributed by atoms with Crippen LogP contribution in [0.15, 0.2) is 72.3 Å². The Balaban J connectivity index is 2.06. The van der Waals surface area contributed by atoms with E-state index >= 15 is 0 Å². The van der Waals surface area contributed by atoms with Crippen molar-refractivity contribution in [1.29, 1.82) is 0 Å². The molecule has 5 heteroatoms. The molecule has 3 aromatic carbocycles. The molecule has 4 nitrogen and oxygen atoms in total. The van der Waals surface area contributed by atoms with Crippen molar-refractivity contribution >= 4 is 34.2 Å². The molecule has 0 atom stereocenters. The fraction of sp³-hybridized carbons (Fsp3) is 0.269. The quantitative estimate of drug-likeness (QED) is 0.408. The van der Waals surface area contributed by atoms with Gasteiger partial charge in [0.15, 0.2) is 0 Å². The molecule has 0 aliphatic heterocycles. The van der Waals surface area contributed by atoms with E-state index in [1.165, 1.54) is 5.54 Å². The standard InChI is InChI=1S/C26H28ClNO3/c1-19-21-13-8-9-14-22(21)24(30-18-20-11-6-5-7-12-20)17-23(19)28(16-10-15-27)25(29)31-26(2,3)4/h5-15,17H,16,18H2,1-4H3/b15-10+. The summed E-state index contributed by atoms with van der Waals surface area (Å²) in [5.41, 5.74) is 3.56. The molecule has 0 unspecified atom stereocenters. The minimum atomic E-state index is -0.614. The normalized spacial score (nSPS) is 11.6. The Hall–Kier alpha value is -2.98. The van der Waals surface area contributed by atoms with Crippen molar-refractivity contribution in [3.63, 3.8) is 0 Å². The lowest BCUT2D eigenvalue weighted by Gasteiger charge is -2.28. The van der Waals surface area contributed by atoms with Crippen molar-refractivity contribution in [1.82, 2.24) is 0 Å². The maximum atomic E-state index is 13.0. The predicted molar refractivity (Wildman–Crippen MR) is 128 cm³/mol. The highest BCUT2D eigenvalue weighted by atomic mass is 35.5. The zero-order valence-corrected chi connectivity index (χ0v) is 19.1. The van der Waals surface area contributed by atoms with Crippen LogP contribution in [0.25, 0.3) is 10.8 Å². The Morgan fingerprint density at radius 3 is 2.32 bits per heavy atom. The number of nitrogens with zero attached hydrogens (tertiary/aromatic N) is 1. The molecule has 0 aliphatic rings. The molecule has 0 aromatic heterocycles. The van der Waals surface area contributed by atoms with Crippen LogP contribution < -0.4 is 9.64 Å². The first-order valence-corrected chi connectivity index (χ1v) is 10.7. The lowest BCUT2D eigenvalue weighted by atomic mass is 10.0. The van der Waals surface area contributed by atoms with Crippen LogP contribution in [-0.2, 0) is 11.3 Å². The van der Waals surface area contributed by atoms with Gasteiger partial charge in [0.2, 0.25) is 0 Å². The summed E-state index contributed by atoms with van der Waals surface area (Å²) in [5.74, 6) is 0.712. The first-order valence-electron chi connectivity index (χ1n) is 10.2. The topological polar surface area (TPSA) is 38.8 Å². The van der Waals surface area contributed by atoms with Crippen molar-refractivity contribution in [3.8, 4) is 5.75 Å². The minimum Gasteiger partial charge on any atom is -0.488 e. The zero-order valence-electron chi connectivity index (χ0n) is 18.4. The van der Waals surface area contributed by atoms with E-state index in [2.05, 4.69) is 0 Å². The van der Waals surface area contributed by atoms with E-state index in [1.54, 1.807) is 11.0 Å². The Labute approximate surface area is 189 Å². The van der Waals surface area contributed by atoms with E-state index in [-0.39, 0.29) is 6.54 Å². The number of carbonyl (C=O) groups is 1. The number of ether oxygens (including phenoxy) is 2. The number of rotatable bonds is 6. The molecular weight excluding hydrogens is 410 g/mol. The number of hydrogen-bond donors (Lipinski definition) is 0. The second-order valence-electron chi connectivity index (χ2n) is 8.29. The van der Waals surface area contributed by atoms with Gasteiger partial charge in [0.1, 0.15) is 18.0 Å². The third-order valence-electron chi connectivity index (χ3n) is 4.77. The summed E-state index contributed by atoms with van der Waals surface area (Å²) in [6.07, 6.45) is 1.28. The molecule has 162 valence electrons. The highest BCUT2D eigenvalue weighted by molar-refractivity contribution is 6.25. The van der Waals surface area contributed by atoms with E-state index in [4.69, 9.17) is 21.1 Å². The number of amides is 1. The average Bonchev–Trinajstić information content (AvgIpc) is 2.74. The third kappa shape index (κ3) is 5.80. The average molecular weight is 438 g/mol. The van der Waals surface area contributed by atoms with E-state index in [0.29, 0.717) is 12.4 Å². The van der Waals surface area contributed by atoms with Gasteiger partial charge < -0.3 is 9.47 Å². The predicted octanol–water partition coefficient (Wildman–Crippen LogP) is 7.22. The number of benzene rings is 3. The molecule has 0 heterocycles. The van der Waals surface area contributed by atoms with Crippen LogP contribution in [0.3, 0.4) is 0 Å². The first kappa shape index (κ1) is 22.7. The second-order valence-corrected chi connectivity index (χ2v) is 8.54. The zero-order chi connectivity index (χ0) is 22.4. The number of halogens is 1. The first-order chi connectivity index (χ1) is 14.8. The van der Waals surface area contributed by atoms with E-state index in [1.807, 2.05) is 88.4 Å². The van der Waals surface area contributed by atoms with Gasteiger partial charge in [-0.1, -0.05) is 72.3 Å². The fourth-order valence-electron chi connectivity index (χ4n) is 3.34. The van der Waals surface area contributed by atoms with E-state index in [0.717, 1.165) is 27.6 Å². The van der Waals surface area contributed by atoms with Crippen LogP contribution in [-0.4, -0.2) is 18.2 Å². The molecule has 0 radical (unpaired) electrons. The second kappa shape index (κ2) is 9.88. The number of carbonyl (C=O) groups excluding carboxylic acids is 1. The molecule has 0 fully saturated rings. The van der Waals surface area contributed by atoms with Gasteiger partial charge in [-0.25, -0.2) is 4.79 Å². The van der Waals surface area contributed by atoms with Crippen LogP contribution in [0.5, 0.6) is 5.75 Å². The Bertz CT molecular complexity index is 1070. The monoisotopic (exact) mass is 437 g/mol. The largest absolute Gasteiger partial charge is 0.488 e. The van der Waals surface area contributed by atoms with Gasteiger partial charge in [-0.3, -0.25) is 4.90 Å². The summed E-state index contributed by atoms with van der Waals surface area (Å²) in [7, 11) is 0. The van der Waals surface area contributed by atoms with Gasteiger partial charge in [0.05, 0.1) is 5.69 Å². The van der Waals surface area contributed by atoms with Crippen LogP contribution in [0.1, 0.15) is 31.9 Å². The Morgan fingerprint density at radius 2 is 1.68 bits per heavy atom. The van der Waals surface area contributed by atoms with Gasteiger partial charge in [-0.2, -0.15) is 0 Å². The van der Waals surface area contributed by atoms with Crippen molar-refractivity contribution in [2.45, 2.75) is 39.9 Å². The molecule has 0 N–H and O–H groups in total. The number of aryl methyl sites for hydroxylation is 1. The molecule has 3 aromatic rings. The Kier molecular flexibility index (Phi) is 7.24. The molecule has 0 aliphatic carbocycles. The molecule has 0 saturated heterocycles. The smallest absolute Gasteiger partial charge is 0.415 e. The molecule has 0 spiro atoms.